The van der Waals surface area contributed by atoms with Gasteiger partial charge in [-0.15, -0.1) is 0 Å². The zero-order chi connectivity index (χ0) is 11.4. The number of carbonyl (C=O) groups excluding carboxylic acids is 1. The molecule has 0 aliphatic carbocycles. The minimum Gasteiger partial charge on any atom is -0.368 e. The molecule has 1 heterocycles. The third kappa shape index (κ3) is 2.76. The number of benzene rings is 1. The predicted octanol–water partition coefficient (Wildman–Crippen LogP) is 0.675. The van der Waals surface area contributed by atoms with E-state index in [1.165, 1.54) is 0 Å². The molecule has 0 bridgehead atoms. The number of rotatable bonds is 4. The van der Waals surface area contributed by atoms with Gasteiger partial charge in [-0.1, -0.05) is 24.3 Å². The van der Waals surface area contributed by atoms with Crippen LogP contribution >= 0.6 is 0 Å². The topological polar surface area (TPSA) is 78.0 Å². The highest BCUT2D eigenvalue weighted by Gasteiger charge is 2.24. The minimum atomic E-state index is -0.419. The molecule has 0 saturated carbocycles. The average molecular weight is 217 g/mol. The van der Waals surface area contributed by atoms with Crippen LogP contribution in [0, 0.1) is 0 Å². The first-order valence-corrected chi connectivity index (χ1v) is 4.95. The van der Waals surface area contributed by atoms with E-state index in [0.717, 1.165) is 23.9 Å². The molecule has 5 nitrogen and oxygen atoms in total. The van der Waals surface area contributed by atoms with Gasteiger partial charge in [0.05, 0.1) is 6.61 Å². The maximum atomic E-state index is 11.0. The van der Waals surface area contributed by atoms with Crippen molar-refractivity contribution in [1.29, 1.82) is 0 Å². The van der Waals surface area contributed by atoms with Crippen LogP contribution in [-0.2, 0) is 16.1 Å². The van der Waals surface area contributed by atoms with Crippen molar-refractivity contribution in [2.24, 2.45) is 0 Å². The summed E-state index contributed by atoms with van der Waals surface area (Å²) in [5.41, 5.74) is 10.3. The summed E-state index contributed by atoms with van der Waals surface area (Å²) in [6, 6.07) is 7.85. The van der Waals surface area contributed by atoms with Crippen molar-refractivity contribution in [2.75, 3.05) is 6.61 Å². The highest BCUT2D eigenvalue weighted by atomic mass is 16.6. The molecular formula is C11H11N3O2. The molecule has 16 heavy (non-hydrogen) atoms. The third-order valence-corrected chi connectivity index (χ3v) is 2.33. The van der Waals surface area contributed by atoms with Crippen LogP contribution in [0.4, 0.5) is 0 Å². The van der Waals surface area contributed by atoms with Crippen molar-refractivity contribution < 1.29 is 14.3 Å². The van der Waals surface area contributed by atoms with Gasteiger partial charge >= 0.3 is 12.1 Å². The minimum absolute atomic E-state index is 0.255. The number of nitrogens with zero attached hydrogens (tertiary/aromatic N) is 2. The van der Waals surface area contributed by atoms with Crippen LogP contribution in [0.25, 0.3) is 5.53 Å². The first-order valence-electron chi connectivity index (χ1n) is 4.95. The summed E-state index contributed by atoms with van der Waals surface area (Å²) in [4.78, 5) is 13.6. The summed E-state index contributed by atoms with van der Waals surface area (Å²) in [5, 5.41) is 2.58. The number of carbonyl (C=O) groups is 1. The molecule has 1 aromatic carbocycles. The standard InChI is InChI=1S/C11H11N3O2/c12-14-6-11(15)13-5-8-1-3-9(4-2-8)10-7-16-10/h1-4,6,10H,5,7H2,(H,13,15). The Labute approximate surface area is 92.7 Å². The largest absolute Gasteiger partial charge is 0.368 e. The Morgan fingerprint density at radius 1 is 1.56 bits per heavy atom. The Hall–Kier alpha value is -1.97. The van der Waals surface area contributed by atoms with Crippen molar-refractivity contribution >= 4 is 12.1 Å². The Balaban J connectivity index is 1.89. The van der Waals surface area contributed by atoms with Crippen LogP contribution in [-0.4, -0.2) is 23.5 Å². The van der Waals surface area contributed by atoms with E-state index in [1.807, 2.05) is 24.3 Å². The Morgan fingerprint density at radius 2 is 2.25 bits per heavy atom. The Bertz CT molecular complexity index is 431. The fourth-order valence-corrected chi connectivity index (χ4v) is 1.38. The highest BCUT2D eigenvalue weighted by Crippen LogP contribution is 2.29. The van der Waals surface area contributed by atoms with Gasteiger partial charge in [-0.3, -0.25) is 4.79 Å². The quantitative estimate of drug-likeness (QED) is 0.348. The summed E-state index contributed by atoms with van der Waals surface area (Å²) in [6.45, 7) is 1.21. The number of amides is 1. The Morgan fingerprint density at radius 3 is 2.81 bits per heavy atom. The second-order valence-corrected chi connectivity index (χ2v) is 3.53. The predicted molar refractivity (Wildman–Crippen MR) is 56.7 cm³/mol. The number of epoxide rings is 1. The van der Waals surface area contributed by atoms with Crippen LogP contribution in [0.15, 0.2) is 24.3 Å². The molecule has 1 unspecified atom stereocenters. The van der Waals surface area contributed by atoms with E-state index >= 15 is 0 Å². The number of hydrogen-bond acceptors (Lipinski definition) is 2. The first kappa shape index (κ1) is 10.5. The second-order valence-electron chi connectivity index (χ2n) is 3.53. The molecule has 1 fully saturated rings. The van der Waals surface area contributed by atoms with E-state index in [9.17, 15) is 4.79 Å². The summed E-state index contributed by atoms with van der Waals surface area (Å²) < 4.78 is 5.15. The average Bonchev–Trinajstić information content (AvgIpc) is 3.11. The van der Waals surface area contributed by atoms with Crippen LogP contribution in [0.2, 0.25) is 0 Å². The summed E-state index contributed by atoms with van der Waals surface area (Å²) in [6.07, 6.45) is 1.08. The lowest BCUT2D eigenvalue weighted by molar-refractivity contribution is -0.118. The van der Waals surface area contributed by atoms with Gasteiger partial charge < -0.3 is 15.6 Å². The second kappa shape index (κ2) is 4.70. The maximum Gasteiger partial charge on any atom is 0.344 e. The van der Waals surface area contributed by atoms with Crippen LogP contribution in [0.1, 0.15) is 17.2 Å². The van der Waals surface area contributed by atoms with Crippen molar-refractivity contribution in [3.8, 4) is 0 Å². The molecule has 5 heteroatoms. The van der Waals surface area contributed by atoms with Gasteiger partial charge in [0.15, 0.2) is 0 Å². The molecule has 1 aromatic rings. The monoisotopic (exact) mass is 217 g/mol. The van der Waals surface area contributed by atoms with Crippen molar-refractivity contribution in [3.63, 3.8) is 0 Å². The summed E-state index contributed by atoms with van der Waals surface area (Å²) in [7, 11) is 0. The zero-order valence-corrected chi connectivity index (χ0v) is 8.59. The van der Waals surface area contributed by atoms with Gasteiger partial charge in [-0.05, 0) is 11.1 Å². The SMILES string of the molecule is [N-]=[N+]=CC(=O)NCc1ccc(C2CO2)cc1. The maximum absolute atomic E-state index is 11.0. The summed E-state index contributed by atoms with van der Waals surface area (Å²) >= 11 is 0. The molecule has 1 aliphatic heterocycles. The number of nitrogens with one attached hydrogen (secondary N) is 1. The van der Waals surface area contributed by atoms with Gasteiger partial charge in [0.2, 0.25) is 0 Å². The molecule has 1 aliphatic rings. The van der Waals surface area contributed by atoms with Gasteiger partial charge in [-0.2, -0.15) is 4.79 Å². The normalized spacial score (nSPS) is 17.4. The number of hydrogen-bond donors (Lipinski definition) is 1. The van der Waals surface area contributed by atoms with E-state index in [4.69, 9.17) is 10.3 Å². The number of ether oxygens (including phenoxy) is 1. The van der Waals surface area contributed by atoms with E-state index in [2.05, 4.69) is 10.1 Å². The van der Waals surface area contributed by atoms with Gasteiger partial charge in [0.1, 0.15) is 6.10 Å². The Kier molecular flexibility index (Phi) is 3.10. The van der Waals surface area contributed by atoms with Gasteiger partial charge in [-0.25, -0.2) is 0 Å². The molecule has 2 rings (SSSR count). The van der Waals surface area contributed by atoms with Crippen molar-refractivity contribution in [3.05, 3.63) is 40.9 Å². The van der Waals surface area contributed by atoms with Crippen molar-refractivity contribution in [2.45, 2.75) is 12.6 Å². The van der Waals surface area contributed by atoms with E-state index in [-0.39, 0.29) is 6.10 Å². The molecule has 82 valence electrons. The molecule has 1 atom stereocenters. The summed E-state index contributed by atoms with van der Waals surface area (Å²) in [5.74, 6) is -0.419. The van der Waals surface area contributed by atoms with Gasteiger partial charge in [0.25, 0.3) is 0 Å². The van der Waals surface area contributed by atoms with Gasteiger partial charge in [0, 0.05) is 6.54 Å². The molecule has 1 N–H and O–H groups in total. The molecule has 0 aromatic heterocycles. The molecule has 1 saturated heterocycles. The zero-order valence-electron chi connectivity index (χ0n) is 8.59. The lowest BCUT2D eigenvalue weighted by Gasteiger charge is -2.02. The molecule has 0 radical (unpaired) electrons. The van der Waals surface area contributed by atoms with E-state index in [1.54, 1.807) is 0 Å². The first-order chi connectivity index (χ1) is 7.79. The van der Waals surface area contributed by atoms with Crippen LogP contribution in [0.5, 0.6) is 0 Å². The van der Waals surface area contributed by atoms with E-state index < -0.39 is 5.91 Å². The highest BCUT2D eigenvalue weighted by molar-refractivity contribution is 6.23. The lowest BCUT2D eigenvalue weighted by Crippen LogP contribution is -2.23. The fraction of sp³-hybridized carbons (Fsp3) is 0.273. The van der Waals surface area contributed by atoms with Crippen molar-refractivity contribution in [1.82, 2.24) is 5.32 Å². The third-order valence-electron chi connectivity index (χ3n) is 2.33. The lowest BCUT2D eigenvalue weighted by atomic mass is 10.1. The smallest absolute Gasteiger partial charge is 0.344 e. The van der Waals surface area contributed by atoms with Crippen LogP contribution in [0.3, 0.4) is 0 Å². The van der Waals surface area contributed by atoms with Crippen LogP contribution < -0.4 is 5.32 Å². The van der Waals surface area contributed by atoms with E-state index in [0.29, 0.717) is 6.54 Å². The molecule has 1 amide bonds. The molecule has 0 spiro atoms. The molecular weight excluding hydrogens is 206 g/mol. The fourth-order valence-electron chi connectivity index (χ4n) is 1.38.